The molecule has 0 bridgehead atoms. The molecular formula is C14H14N4O2S. The highest BCUT2D eigenvalue weighted by atomic mass is 32.2. The lowest BCUT2D eigenvalue weighted by Gasteiger charge is -2.09. The second-order valence-electron chi connectivity index (χ2n) is 5.50. The van der Waals surface area contributed by atoms with E-state index in [2.05, 4.69) is 19.7 Å². The molecule has 0 aromatic carbocycles. The molecule has 2 saturated carbocycles. The van der Waals surface area contributed by atoms with E-state index in [1.807, 2.05) is 0 Å². The van der Waals surface area contributed by atoms with Gasteiger partial charge < -0.3 is 9.67 Å². The number of carboxylic acid groups (broad SMARTS) is 1. The van der Waals surface area contributed by atoms with Crippen LogP contribution in [0.4, 0.5) is 0 Å². The highest BCUT2D eigenvalue weighted by Crippen LogP contribution is 2.46. The first-order valence-electron chi connectivity index (χ1n) is 7.04. The molecule has 0 saturated heterocycles. The summed E-state index contributed by atoms with van der Waals surface area (Å²) in [5.41, 5.74) is 0.258. The number of carboxylic acids is 1. The van der Waals surface area contributed by atoms with E-state index in [1.165, 1.54) is 36.9 Å². The molecule has 0 spiro atoms. The fourth-order valence-corrected chi connectivity index (χ4v) is 3.39. The van der Waals surface area contributed by atoms with Crippen molar-refractivity contribution < 1.29 is 9.90 Å². The van der Waals surface area contributed by atoms with Crippen LogP contribution in [0, 0.1) is 0 Å². The van der Waals surface area contributed by atoms with Crippen molar-refractivity contribution in [3.8, 4) is 0 Å². The van der Waals surface area contributed by atoms with Crippen LogP contribution in [0.15, 0.2) is 28.5 Å². The molecule has 2 aliphatic rings. The minimum atomic E-state index is -0.945. The second kappa shape index (κ2) is 4.84. The van der Waals surface area contributed by atoms with Crippen LogP contribution >= 0.6 is 11.8 Å². The zero-order valence-electron chi connectivity index (χ0n) is 11.3. The molecule has 2 aromatic heterocycles. The van der Waals surface area contributed by atoms with Crippen LogP contribution in [0.1, 0.15) is 53.8 Å². The number of nitrogens with zero attached hydrogens (tertiary/aromatic N) is 4. The first-order chi connectivity index (χ1) is 10.2. The maximum atomic E-state index is 11.3. The molecule has 4 rings (SSSR count). The minimum Gasteiger partial charge on any atom is -0.478 e. The van der Waals surface area contributed by atoms with Gasteiger partial charge >= 0.3 is 5.97 Å². The van der Waals surface area contributed by atoms with Crippen LogP contribution in [0.2, 0.25) is 0 Å². The number of pyridine rings is 1. The Hall–Kier alpha value is -1.89. The van der Waals surface area contributed by atoms with Gasteiger partial charge in [-0.3, -0.25) is 4.98 Å². The first-order valence-corrected chi connectivity index (χ1v) is 7.85. The van der Waals surface area contributed by atoms with E-state index in [0.717, 1.165) is 23.8 Å². The van der Waals surface area contributed by atoms with Crippen LogP contribution in [0.5, 0.6) is 0 Å². The predicted molar refractivity (Wildman–Crippen MR) is 75.6 cm³/mol. The van der Waals surface area contributed by atoms with E-state index in [1.54, 1.807) is 6.20 Å². The van der Waals surface area contributed by atoms with E-state index in [9.17, 15) is 9.90 Å². The average Bonchev–Trinajstić information content (AvgIpc) is 3.39. The Bertz CT molecular complexity index is 707. The standard InChI is InChI=1S/C14H14N4O2S/c19-13(20)10-5-6-15-7-11(10)21-14-17-16-12(8-1-2-8)18(14)9-3-4-9/h5-9H,1-4H2,(H,19,20). The van der Waals surface area contributed by atoms with Gasteiger partial charge in [0.05, 0.1) is 5.56 Å². The lowest BCUT2D eigenvalue weighted by Crippen LogP contribution is -2.03. The Kier molecular flexibility index (Phi) is 2.95. The zero-order valence-corrected chi connectivity index (χ0v) is 12.1. The normalized spacial score (nSPS) is 17.9. The van der Waals surface area contributed by atoms with Gasteiger partial charge in [0, 0.05) is 29.2 Å². The molecule has 2 fully saturated rings. The highest BCUT2D eigenvalue weighted by Gasteiger charge is 2.36. The summed E-state index contributed by atoms with van der Waals surface area (Å²) in [6, 6.07) is 2.01. The minimum absolute atomic E-state index is 0.258. The molecule has 0 unspecified atom stereocenters. The van der Waals surface area contributed by atoms with Crippen molar-refractivity contribution in [3.05, 3.63) is 29.8 Å². The van der Waals surface area contributed by atoms with Crippen molar-refractivity contribution in [2.45, 2.75) is 47.7 Å². The monoisotopic (exact) mass is 302 g/mol. The Morgan fingerprint density at radius 2 is 2.10 bits per heavy atom. The van der Waals surface area contributed by atoms with Crippen molar-refractivity contribution in [3.63, 3.8) is 0 Å². The summed E-state index contributed by atoms with van der Waals surface area (Å²) in [6.07, 6.45) is 7.76. The van der Waals surface area contributed by atoms with Crippen molar-refractivity contribution >= 4 is 17.7 Å². The summed E-state index contributed by atoms with van der Waals surface area (Å²) in [5.74, 6) is 0.667. The molecule has 0 amide bonds. The number of aromatic carboxylic acids is 1. The molecule has 0 radical (unpaired) electrons. The van der Waals surface area contributed by atoms with Gasteiger partial charge in [-0.25, -0.2) is 4.79 Å². The molecule has 0 aliphatic heterocycles. The average molecular weight is 302 g/mol. The maximum absolute atomic E-state index is 11.3. The zero-order chi connectivity index (χ0) is 14.4. The van der Waals surface area contributed by atoms with Crippen molar-refractivity contribution in [2.24, 2.45) is 0 Å². The molecule has 2 aromatic rings. The highest BCUT2D eigenvalue weighted by molar-refractivity contribution is 7.99. The van der Waals surface area contributed by atoms with Crippen molar-refractivity contribution in [2.75, 3.05) is 0 Å². The Labute approximate surface area is 125 Å². The molecule has 6 nitrogen and oxygen atoms in total. The van der Waals surface area contributed by atoms with Crippen LogP contribution < -0.4 is 0 Å². The quantitative estimate of drug-likeness (QED) is 0.914. The SMILES string of the molecule is O=C(O)c1ccncc1Sc1nnc(C2CC2)n1C1CC1. The number of rotatable bonds is 5. The van der Waals surface area contributed by atoms with Crippen molar-refractivity contribution in [1.82, 2.24) is 19.7 Å². The molecule has 2 heterocycles. The first kappa shape index (κ1) is 12.8. The Morgan fingerprint density at radius 3 is 2.76 bits per heavy atom. The van der Waals surface area contributed by atoms with Gasteiger partial charge in [-0.2, -0.15) is 0 Å². The molecule has 0 atom stereocenters. The summed E-state index contributed by atoms with van der Waals surface area (Å²) >= 11 is 1.35. The van der Waals surface area contributed by atoms with Crippen molar-refractivity contribution in [1.29, 1.82) is 0 Å². The molecule has 7 heteroatoms. The number of hydrogen-bond donors (Lipinski definition) is 1. The largest absolute Gasteiger partial charge is 0.478 e. The topological polar surface area (TPSA) is 80.9 Å². The van der Waals surface area contributed by atoms with Gasteiger partial charge in [0.2, 0.25) is 0 Å². The molecule has 21 heavy (non-hydrogen) atoms. The Balaban J connectivity index is 1.70. The molecule has 1 N–H and O–H groups in total. The third kappa shape index (κ3) is 2.42. The van der Waals surface area contributed by atoms with Crippen LogP contribution in [-0.4, -0.2) is 30.8 Å². The van der Waals surface area contributed by atoms with E-state index in [-0.39, 0.29) is 5.56 Å². The second-order valence-corrected chi connectivity index (χ2v) is 6.50. The van der Waals surface area contributed by atoms with E-state index < -0.39 is 5.97 Å². The third-order valence-corrected chi connectivity index (χ3v) is 4.77. The fraction of sp³-hybridized carbons (Fsp3) is 0.429. The van der Waals surface area contributed by atoms with Crippen LogP contribution in [0.3, 0.4) is 0 Å². The Morgan fingerprint density at radius 1 is 1.29 bits per heavy atom. The summed E-state index contributed by atoms with van der Waals surface area (Å²) in [7, 11) is 0. The van der Waals surface area contributed by atoms with Crippen LogP contribution in [-0.2, 0) is 0 Å². The number of aromatic nitrogens is 4. The smallest absolute Gasteiger partial charge is 0.336 e. The van der Waals surface area contributed by atoms with Gasteiger partial charge in [-0.1, -0.05) is 0 Å². The van der Waals surface area contributed by atoms with E-state index >= 15 is 0 Å². The molecule has 2 aliphatic carbocycles. The predicted octanol–water partition coefficient (Wildman–Crippen LogP) is 2.73. The van der Waals surface area contributed by atoms with E-state index in [4.69, 9.17) is 0 Å². The summed E-state index contributed by atoms with van der Waals surface area (Å²) in [5, 5.41) is 18.7. The number of carbonyl (C=O) groups is 1. The molecular weight excluding hydrogens is 288 g/mol. The number of hydrogen-bond acceptors (Lipinski definition) is 5. The maximum Gasteiger partial charge on any atom is 0.336 e. The van der Waals surface area contributed by atoms with E-state index in [0.29, 0.717) is 16.9 Å². The van der Waals surface area contributed by atoms with Gasteiger partial charge in [0.15, 0.2) is 5.16 Å². The summed E-state index contributed by atoms with van der Waals surface area (Å²) in [4.78, 5) is 15.9. The van der Waals surface area contributed by atoms with Gasteiger partial charge in [0.1, 0.15) is 5.82 Å². The van der Waals surface area contributed by atoms with Gasteiger partial charge in [-0.15, -0.1) is 10.2 Å². The lowest BCUT2D eigenvalue weighted by molar-refractivity contribution is 0.0693. The van der Waals surface area contributed by atoms with Crippen LogP contribution in [0.25, 0.3) is 0 Å². The van der Waals surface area contributed by atoms with Gasteiger partial charge in [-0.05, 0) is 43.5 Å². The third-order valence-electron chi connectivity index (χ3n) is 3.76. The summed E-state index contributed by atoms with van der Waals surface area (Å²) < 4.78 is 2.21. The fourth-order valence-electron chi connectivity index (χ4n) is 2.39. The van der Waals surface area contributed by atoms with Gasteiger partial charge in [0.25, 0.3) is 0 Å². The molecule has 108 valence electrons. The lowest BCUT2D eigenvalue weighted by atomic mass is 10.3. The summed E-state index contributed by atoms with van der Waals surface area (Å²) in [6.45, 7) is 0.